The van der Waals surface area contributed by atoms with E-state index in [1.165, 1.54) is 19.3 Å². The van der Waals surface area contributed by atoms with Crippen LogP contribution in [0.1, 0.15) is 44.6 Å². The Morgan fingerprint density at radius 1 is 1.12 bits per heavy atom. The fraction of sp³-hybridized carbons (Fsp3) is 0.500. The molecule has 32 heavy (non-hydrogen) atoms. The molecule has 1 amide bonds. The Bertz CT molecular complexity index is 879. The normalized spacial score (nSPS) is 21.1. The van der Waals surface area contributed by atoms with Gasteiger partial charge < -0.3 is 14.8 Å². The molecule has 0 radical (unpaired) electrons. The van der Waals surface area contributed by atoms with E-state index in [-0.39, 0.29) is 5.91 Å². The van der Waals surface area contributed by atoms with Crippen LogP contribution in [0.25, 0.3) is 0 Å². The highest BCUT2D eigenvalue weighted by Crippen LogP contribution is 2.37. The smallest absolute Gasteiger partial charge is 0.235 e. The minimum atomic E-state index is -0.608. The molecule has 5 nitrogen and oxygen atoms in total. The van der Waals surface area contributed by atoms with Crippen LogP contribution in [-0.4, -0.2) is 49.8 Å². The molecule has 2 heterocycles. The van der Waals surface area contributed by atoms with E-state index in [2.05, 4.69) is 17.1 Å². The molecule has 2 aliphatic rings. The predicted octanol–water partition coefficient (Wildman–Crippen LogP) is 5.28. The van der Waals surface area contributed by atoms with Gasteiger partial charge in [-0.15, -0.1) is 0 Å². The van der Waals surface area contributed by atoms with Gasteiger partial charge in [0.15, 0.2) is 0 Å². The minimum Gasteiger partial charge on any atom is -0.492 e. The third kappa shape index (κ3) is 5.45. The first-order chi connectivity index (χ1) is 15.6. The highest BCUT2D eigenvalue weighted by Gasteiger charge is 2.41. The first kappa shape index (κ1) is 23.1. The van der Waals surface area contributed by atoms with Crippen LogP contribution in [0.15, 0.2) is 48.5 Å². The fourth-order valence-corrected chi connectivity index (χ4v) is 4.92. The third-order valence-corrected chi connectivity index (χ3v) is 7.13. The van der Waals surface area contributed by atoms with Crippen LogP contribution in [0.5, 0.6) is 5.75 Å². The quantitative estimate of drug-likeness (QED) is 0.615. The van der Waals surface area contributed by atoms with Crippen molar-refractivity contribution >= 4 is 23.2 Å². The Labute approximate surface area is 196 Å². The van der Waals surface area contributed by atoms with Gasteiger partial charge in [-0.3, -0.25) is 9.69 Å². The number of piperidine rings is 1. The molecule has 0 aromatic heterocycles. The Balaban J connectivity index is 1.36. The molecule has 0 spiro atoms. The maximum Gasteiger partial charge on any atom is 0.235 e. The molecular weight excluding hydrogens is 424 g/mol. The number of amides is 1. The van der Waals surface area contributed by atoms with E-state index in [1.54, 1.807) is 0 Å². The molecule has 2 aliphatic heterocycles. The van der Waals surface area contributed by atoms with E-state index in [4.69, 9.17) is 21.1 Å². The van der Waals surface area contributed by atoms with E-state index < -0.39 is 5.41 Å². The van der Waals surface area contributed by atoms with Crippen LogP contribution in [-0.2, 0) is 14.9 Å². The average molecular weight is 457 g/mol. The van der Waals surface area contributed by atoms with E-state index in [0.29, 0.717) is 43.7 Å². The second-order valence-corrected chi connectivity index (χ2v) is 9.35. The van der Waals surface area contributed by atoms with Gasteiger partial charge in [0.05, 0.1) is 5.41 Å². The Morgan fingerprint density at radius 3 is 2.53 bits per heavy atom. The Kier molecular flexibility index (Phi) is 7.71. The molecule has 2 saturated heterocycles. The summed E-state index contributed by atoms with van der Waals surface area (Å²) in [5, 5.41) is 3.78. The number of ether oxygens (including phenoxy) is 2. The lowest BCUT2D eigenvalue weighted by Crippen LogP contribution is -2.44. The van der Waals surface area contributed by atoms with Crippen molar-refractivity contribution in [1.82, 2.24) is 4.90 Å². The van der Waals surface area contributed by atoms with E-state index in [1.807, 2.05) is 48.5 Å². The van der Waals surface area contributed by atoms with Gasteiger partial charge in [0.25, 0.3) is 0 Å². The molecule has 0 unspecified atom stereocenters. The fourth-order valence-electron chi connectivity index (χ4n) is 4.79. The number of nitrogens with one attached hydrogen (secondary N) is 1. The van der Waals surface area contributed by atoms with Crippen LogP contribution in [0.2, 0.25) is 5.02 Å². The molecule has 2 fully saturated rings. The van der Waals surface area contributed by atoms with Crippen molar-refractivity contribution in [3.63, 3.8) is 0 Å². The zero-order valence-corrected chi connectivity index (χ0v) is 19.6. The maximum absolute atomic E-state index is 13.4. The average Bonchev–Trinajstić information content (AvgIpc) is 2.82. The summed E-state index contributed by atoms with van der Waals surface area (Å²) in [5.74, 6) is 0.821. The van der Waals surface area contributed by atoms with Gasteiger partial charge in [0.1, 0.15) is 12.4 Å². The standard InChI is InChI=1S/C26H33ClN2O3/c1-20-4-2-3-15-29(20)16-19-32-24-11-9-23(10-12-24)28-25(30)26(13-17-31-18-14-26)21-5-7-22(27)8-6-21/h5-12,20H,2-4,13-19H2,1H3,(H,28,30)/t20-/m0/s1. The second-order valence-electron chi connectivity index (χ2n) is 8.91. The summed E-state index contributed by atoms with van der Waals surface area (Å²) < 4.78 is 11.5. The first-order valence-electron chi connectivity index (χ1n) is 11.7. The molecule has 6 heteroatoms. The van der Waals surface area contributed by atoms with Crippen LogP contribution < -0.4 is 10.1 Å². The Hall–Kier alpha value is -2.08. The van der Waals surface area contributed by atoms with Gasteiger partial charge in [0, 0.05) is 36.5 Å². The third-order valence-electron chi connectivity index (χ3n) is 6.88. The van der Waals surface area contributed by atoms with Crippen LogP contribution in [0, 0.1) is 0 Å². The van der Waals surface area contributed by atoms with Gasteiger partial charge in [-0.1, -0.05) is 30.2 Å². The molecule has 0 bridgehead atoms. The number of hydrogen-bond acceptors (Lipinski definition) is 4. The van der Waals surface area contributed by atoms with Crippen molar-refractivity contribution in [2.24, 2.45) is 0 Å². The van der Waals surface area contributed by atoms with Crippen molar-refractivity contribution in [3.8, 4) is 5.75 Å². The summed E-state index contributed by atoms with van der Waals surface area (Å²) in [6.07, 6.45) is 5.19. The predicted molar refractivity (Wildman–Crippen MR) is 129 cm³/mol. The maximum atomic E-state index is 13.4. The van der Waals surface area contributed by atoms with Crippen molar-refractivity contribution < 1.29 is 14.3 Å². The van der Waals surface area contributed by atoms with E-state index in [0.717, 1.165) is 30.1 Å². The zero-order chi connectivity index (χ0) is 22.4. The molecule has 4 rings (SSSR count). The molecule has 2 aromatic carbocycles. The molecule has 1 N–H and O–H groups in total. The summed E-state index contributed by atoms with van der Waals surface area (Å²) in [7, 11) is 0. The number of halogens is 1. The number of nitrogens with zero attached hydrogens (tertiary/aromatic N) is 1. The lowest BCUT2D eigenvalue weighted by Gasteiger charge is -2.36. The van der Waals surface area contributed by atoms with Crippen molar-refractivity contribution in [2.75, 3.05) is 38.2 Å². The summed E-state index contributed by atoms with van der Waals surface area (Å²) in [6.45, 7) is 6.22. The van der Waals surface area contributed by atoms with Crippen molar-refractivity contribution in [3.05, 3.63) is 59.1 Å². The summed E-state index contributed by atoms with van der Waals surface area (Å²) in [4.78, 5) is 15.9. The molecule has 2 aromatic rings. The number of likely N-dealkylation sites (tertiary alicyclic amines) is 1. The first-order valence-corrected chi connectivity index (χ1v) is 12.1. The van der Waals surface area contributed by atoms with Crippen molar-refractivity contribution in [2.45, 2.75) is 50.5 Å². The lowest BCUT2D eigenvalue weighted by atomic mass is 9.73. The number of carbonyl (C=O) groups excluding carboxylic acids is 1. The Morgan fingerprint density at radius 2 is 1.84 bits per heavy atom. The van der Waals surface area contributed by atoms with Gasteiger partial charge in [-0.25, -0.2) is 0 Å². The van der Waals surface area contributed by atoms with Crippen LogP contribution in [0.3, 0.4) is 0 Å². The lowest BCUT2D eigenvalue weighted by molar-refractivity contribution is -0.125. The number of rotatable bonds is 7. The van der Waals surface area contributed by atoms with Gasteiger partial charge in [0.2, 0.25) is 5.91 Å². The summed E-state index contributed by atoms with van der Waals surface area (Å²) >= 11 is 6.07. The van der Waals surface area contributed by atoms with Crippen molar-refractivity contribution in [1.29, 1.82) is 0 Å². The highest BCUT2D eigenvalue weighted by molar-refractivity contribution is 6.30. The number of anilines is 1. The molecule has 1 atom stereocenters. The molecular formula is C26H33ClN2O3. The summed E-state index contributed by atoms with van der Waals surface area (Å²) in [5.41, 5.74) is 1.14. The van der Waals surface area contributed by atoms with Crippen LogP contribution in [0.4, 0.5) is 5.69 Å². The minimum absolute atomic E-state index is 0.00382. The largest absolute Gasteiger partial charge is 0.492 e. The number of hydrogen-bond donors (Lipinski definition) is 1. The SMILES string of the molecule is C[C@H]1CCCCN1CCOc1ccc(NC(=O)C2(c3ccc(Cl)cc3)CCOCC2)cc1. The molecule has 0 saturated carbocycles. The zero-order valence-electron chi connectivity index (χ0n) is 18.8. The summed E-state index contributed by atoms with van der Waals surface area (Å²) in [6, 6.07) is 15.9. The molecule has 172 valence electrons. The number of benzene rings is 2. The van der Waals surface area contributed by atoms with Gasteiger partial charge >= 0.3 is 0 Å². The topological polar surface area (TPSA) is 50.8 Å². The highest BCUT2D eigenvalue weighted by atomic mass is 35.5. The molecule has 0 aliphatic carbocycles. The number of carbonyl (C=O) groups is 1. The van der Waals surface area contributed by atoms with E-state index in [9.17, 15) is 4.79 Å². The van der Waals surface area contributed by atoms with Crippen LogP contribution >= 0.6 is 11.6 Å². The van der Waals surface area contributed by atoms with Gasteiger partial charge in [-0.2, -0.15) is 0 Å². The monoisotopic (exact) mass is 456 g/mol. The van der Waals surface area contributed by atoms with Gasteiger partial charge in [-0.05, 0) is 81.1 Å². The van der Waals surface area contributed by atoms with E-state index >= 15 is 0 Å². The second kappa shape index (κ2) is 10.7.